The first kappa shape index (κ1) is 54.2. The highest BCUT2D eigenvalue weighted by molar-refractivity contribution is 9.10. The van der Waals surface area contributed by atoms with E-state index in [4.69, 9.17) is 51.1 Å². The zero-order valence-electron chi connectivity index (χ0n) is 37.4. The standard InChI is InChI=1S/C24H15ClF2N4O3.C18H14BrF2N3O3.C7H5BClNO2/c1-28-13-5-7-15(17(25)11-13)16-8-6-14(31-10-9-29-22(16)31)12-20(24(33)34)30-23(32)21-18(26)3-2-4-19(21)27;1-27-18(26)14(23-17(25)15-12(20)3-2-4-13(15)21)9-10-5-6-11(19)16-22-7-8-24(10)16;1-10-5-2-3-6(8(11)12)7(9)4-5/h2-11,20H,12H2,(H,30,32)(H,33,34);2-8,14H,9H2,1H3,(H,23,25);2-4,11-12H/t20-;14-;/m00./s1. The molecule has 0 saturated carbocycles. The lowest BCUT2D eigenvalue weighted by Gasteiger charge is -2.18. The van der Waals surface area contributed by atoms with E-state index in [9.17, 15) is 41.8 Å². The number of hydrogen-bond donors (Lipinski definition) is 5. The number of nitrogens with one attached hydrogen (secondary N) is 2. The van der Waals surface area contributed by atoms with Crippen molar-refractivity contribution in [1.29, 1.82) is 0 Å². The van der Waals surface area contributed by atoms with E-state index < -0.39 is 77.4 Å². The molecule has 0 bridgehead atoms. The lowest BCUT2D eigenvalue weighted by Crippen LogP contribution is -2.44. The Balaban J connectivity index is 0.000000198. The molecule has 0 aliphatic carbocycles. The van der Waals surface area contributed by atoms with Crippen LogP contribution >= 0.6 is 39.1 Å². The molecule has 0 fully saturated rings. The van der Waals surface area contributed by atoms with Gasteiger partial charge in [-0.2, -0.15) is 0 Å². The minimum absolute atomic E-state index is 0.0363. The molecule has 0 aliphatic rings. The number of hydrogen-bond acceptors (Lipinski definition) is 9. The van der Waals surface area contributed by atoms with E-state index in [1.54, 1.807) is 63.8 Å². The largest absolute Gasteiger partial charge is 0.489 e. The fraction of sp³-hybridized carbons (Fsp3) is 0.102. The highest BCUT2D eigenvalue weighted by Gasteiger charge is 2.28. The van der Waals surface area contributed by atoms with Crippen molar-refractivity contribution >= 4 is 98.1 Å². The average molecular weight is 1100 g/mol. The van der Waals surface area contributed by atoms with Gasteiger partial charge in [-0.05, 0) is 82.1 Å². The van der Waals surface area contributed by atoms with Crippen LogP contribution in [-0.2, 0) is 27.2 Å². The van der Waals surface area contributed by atoms with E-state index in [0.717, 1.165) is 40.9 Å². The number of imidazole rings is 2. The maximum atomic E-state index is 13.9. The number of rotatable bonds is 12. The van der Waals surface area contributed by atoms with Gasteiger partial charge in [0.25, 0.3) is 11.8 Å². The Morgan fingerprint density at radius 2 is 1.16 bits per heavy atom. The summed E-state index contributed by atoms with van der Waals surface area (Å²) in [6.45, 7) is 13.8. The molecule has 0 radical (unpaired) electrons. The van der Waals surface area contributed by atoms with Gasteiger partial charge in [0.15, 0.2) is 17.0 Å². The number of methoxy groups -OCH3 is 1. The number of carbonyl (C=O) groups excluding carboxylic acids is 3. The third-order valence-corrected chi connectivity index (χ3v) is 11.8. The van der Waals surface area contributed by atoms with Gasteiger partial charge >= 0.3 is 19.1 Å². The van der Waals surface area contributed by atoms with Crippen LogP contribution in [0.4, 0.5) is 28.9 Å². The number of fused-ring (bicyclic) bond motifs is 2. The summed E-state index contributed by atoms with van der Waals surface area (Å²) in [5.74, 6) is -8.55. The molecule has 24 heteroatoms. The van der Waals surface area contributed by atoms with Gasteiger partial charge < -0.3 is 39.3 Å². The van der Waals surface area contributed by atoms with Crippen LogP contribution in [0.2, 0.25) is 10.0 Å². The summed E-state index contributed by atoms with van der Waals surface area (Å²) in [6.07, 6.45) is 6.27. The summed E-state index contributed by atoms with van der Waals surface area (Å²) in [5.41, 5.74) is 2.89. The highest BCUT2D eigenvalue weighted by atomic mass is 79.9. The predicted octanol–water partition coefficient (Wildman–Crippen LogP) is 8.37. The molecule has 2 amide bonds. The molecule has 4 heterocycles. The summed E-state index contributed by atoms with van der Waals surface area (Å²) in [5, 5.41) is 32.2. The van der Waals surface area contributed by atoms with E-state index in [2.05, 4.69) is 46.2 Å². The number of esters is 1. The van der Waals surface area contributed by atoms with Gasteiger partial charge in [0.1, 0.15) is 52.1 Å². The van der Waals surface area contributed by atoms with Gasteiger partial charge in [-0.1, -0.05) is 59.6 Å². The van der Waals surface area contributed by atoms with Gasteiger partial charge in [0.05, 0.1) is 24.7 Å². The van der Waals surface area contributed by atoms with Crippen LogP contribution in [0.25, 0.3) is 32.1 Å². The Labute approximate surface area is 430 Å². The normalized spacial score (nSPS) is 11.4. The fourth-order valence-corrected chi connectivity index (χ4v) is 8.05. The zero-order valence-corrected chi connectivity index (χ0v) is 40.5. The Hall–Kier alpha value is -8.12. The number of aliphatic carboxylic acids is 1. The number of carbonyl (C=O) groups is 4. The number of pyridine rings is 2. The molecule has 8 rings (SSSR count). The van der Waals surface area contributed by atoms with Gasteiger partial charge in [0.2, 0.25) is 0 Å². The average Bonchev–Trinajstić information content (AvgIpc) is 4.07. The second-order valence-corrected chi connectivity index (χ2v) is 16.8. The van der Waals surface area contributed by atoms with Crippen molar-refractivity contribution in [1.82, 2.24) is 29.4 Å². The maximum Gasteiger partial charge on any atom is 0.489 e. The number of halogens is 7. The molecule has 73 heavy (non-hydrogen) atoms. The summed E-state index contributed by atoms with van der Waals surface area (Å²) >= 11 is 15.4. The van der Waals surface area contributed by atoms with Crippen molar-refractivity contribution in [2.45, 2.75) is 24.9 Å². The van der Waals surface area contributed by atoms with Crippen molar-refractivity contribution < 1.29 is 56.6 Å². The molecule has 4 aromatic carbocycles. The molecule has 370 valence electrons. The van der Waals surface area contributed by atoms with E-state index in [0.29, 0.717) is 50.2 Å². The number of carboxylic acid groups (broad SMARTS) is 1. The van der Waals surface area contributed by atoms with Crippen LogP contribution in [-0.4, -0.2) is 84.0 Å². The fourth-order valence-electron chi connectivity index (χ4n) is 7.08. The quantitative estimate of drug-likeness (QED) is 0.0342. The van der Waals surface area contributed by atoms with E-state index >= 15 is 0 Å². The molecule has 4 aromatic heterocycles. The monoisotopic (exact) mass is 1100 g/mol. The molecule has 0 saturated heterocycles. The highest BCUT2D eigenvalue weighted by Crippen LogP contribution is 2.34. The smallest absolute Gasteiger partial charge is 0.480 e. The van der Waals surface area contributed by atoms with Crippen molar-refractivity contribution in [3.8, 4) is 11.1 Å². The van der Waals surface area contributed by atoms with Crippen molar-refractivity contribution in [3.63, 3.8) is 0 Å². The topological polar surface area (TPSA) is 206 Å². The molecule has 16 nitrogen and oxygen atoms in total. The first-order valence-electron chi connectivity index (χ1n) is 20.9. The molecule has 0 unspecified atom stereocenters. The number of amides is 2. The first-order chi connectivity index (χ1) is 34.9. The molecule has 8 aromatic rings. The van der Waals surface area contributed by atoms with E-state index in [-0.39, 0.29) is 23.3 Å². The molecular formula is C49H34BBrCl2F4N8O8. The Morgan fingerprint density at radius 3 is 1.66 bits per heavy atom. The van der Waals surface area contributed by atoms with Gasteiger partial charge in [-0.25, -0.2) is 46.8 Å². The minimum Gasteiger partial charge on any atom is -0.480 e. The molecular weight excluding hydrogens is 1070 g/mol. The van der Waals surface area contributed by atoms with Gasteiger partial charge in [-0.3, -0.25) is 9.59 Å². The van der Waals surface area contributed by atoms with Crippen molar-refractivity contribution in [2.24, 2.45) is 0 Å². The van der Waals surface area contributed by atoms with Crippen LogP contribution in [0, 0.1) is 36.4 Å². The summed E-state index contributed by atoms with van der Waals surface area (Å²) < 4.78 is 64.4. The summed E-state index contributed by atoms with van der Waals surface area (Å²) in [6, 6.07) is 19.4. The van der Waals surface area contributed by atoms with E-state index in [1.165, 1.54) is 37.6 Å². The second kappa shape index (κ2) is 24.3. The van der Waals surface area contributed by atoms with Crippen LogP contribution in [0.5, 0.6) is 0 Å². The number of nitrogens with zero attached hydrogens (tertiary/aromatic N) is 6. The van der Waals surface area contributed by atoms with Crippen molar-refractivity contribution in [2.75, 3.05) is 7.11 Å². The van der Waals surface area contributed by atoms with Crippen LogP contribution in [0.3, 0.4) is 0 Å². The number of ether oxygens (including phenoxy) is 1. The second-order valence-electron chi connectivity index (χ2n) is 15.1. The minimum atomic E-state index is -1.59. The third kappa shape index (κ3) is 12.9. The molecule has 2 atom stereocenters. The van der Waals surface area contributed by atoms with E-state index in [1.807, 2.05) is 0 Å². The predicted molar refractivity (Wildman–Crippen MR) is 265 cm³/mol. The Morgan fingerprint density at radius 1 is 0.699 bits per heavy atom. The number of aromatic nitrogens is 4. The summed E-state index contributed by atoms with van der Waals surface area (Å²) in [4.78, 5) is 63.8. The lowest BCUT2D eigenvalue weighted by atomic mass is 9.80. The maximum absolute atomic E-state index is 13.9. The van der Waals surface area contributed by atoms with Crippen LogP contribution in [0.1, 0.15) is 32.1 Å². The van der Waals surface area contributed by atoms with Crippen molar-refractivity contribution in [3.05, 3.63) is 205 Å². The lowest BCUT2D eigenvalue weighted by molar-refractivity contribution is -0.143. The molecule has 0 aliphatic heterocycles. The molecule has 0 spiro atoms. The third-order valence-electron chi connectivity index (χ3n) is 10.6. The Kier molecular flexibility index (Phi) is 18.1. The van der Waals surface area contributed by atoms with Crippen LogP contribution < -0.4 is 16.1 Å². The zero-order chi connectivity index (χ0) is 53.1. The van der Waals surface area contributed by atoms with Gasteiger partial charge in [-0.15, -0.1) is 0 Å². The first-order valence-corrected chi connectivity index (χ1v) is 22.5. The van der Waals surface area contributed by atoms with Gasteiger partial charge in [0, 0.05) is 70.2 Å². The number of benzene rings is 4. The SMILES string of the molecule is COC(=O)[C@H](Cc1ccc(Br)c2nccn12)NC(=O)c1c(F)cccc1F.[C-]#[N+]c1ccc(-c2ccc(C[C@H](NC(=O)c3c(F)cccc3F)C(=O)O)n3ccnc23)c(Cl)c1.[C-]#[N+]c1ccc(B(O)O)c(Cl)c1. The van der Waals surface area contributed by atoms with Crippen LogP contribution in [0.15, 0.2) is 126 Å². The number of carboxylic acids is 1. The Bertz CT molecular complexity index is 3460. The summed E-state index contributed by atoms with van der Waals surface area (Å²) in [7, 11) is -0.420. The molecule has 5 N–H and O–H groups in total.